The second-order valence-electron chi connectivity index (χ2n) is 4.58. The van der Waals surface area contributed by atoms with E-state index in [2.05, 4.69) is 5.32 Å². The number of hydrogen-bond acceptors (Lipinski definition) is 2. The monoisotopic (exact) mass is 256 g/mol. The number of nitrogens with one attached hydrogen (secondary N) is 1. The molecule has 1 aliphatic heterocycles. The molecule has 6 heteroatoms. The number of amides is 1. The van der Waals surface area contributed by atoms with Gasteiger partial charge in [-0.05, 0) is 31.0 Å². The molecule has 3 nitrogen and oxygen atoms in total. The highest BCUT2D eigenvalue weighted by atomic mass is 19.4. The highest BCUT2D eigenvalue weighted by molar-refractivity contribution is 6.03. The van der Waals surface area contributed by atoms with E-state index in [-0.39, 0.29) is 18.5 Å². The van der Waals surface area contributed by atoms with Crippen LogP contribution in [-0.2, 0) is 11.0 Å². The van der Waals surface area contributed by atoms with Crippen molar-refractivity contribution < 1.29 is 18.0 Å². The Hall–Kier alpha value is -1.72. The molecule has 1 aliphatic carbocycles. The number of halogens is 3. The molecule has 96 valence electrons. The number of carbonyl (C=O) groups is 1. The maximum Gasteiger partial charge on any atom is 0.416 e. The Morgan fingerprint density at radius 2 is 2.00 bits per heavy atom. The van der Waals surface area contributed by atoms with Crippen LogP contribution in [0.5, 0.6) is 0 Å². The van der Waals surface area contributed by atoms with Gasteiger partial charge in [0.1, 0.15) is 0 Å². The lowest BCUT2D eigenvalue weighted by atomic mass is 10.1. The van der Waals surface area contributed by atoms with Crippen molar-refractivity contribution in [3.63, 3.8) is 0 Å². The van der Waals surface area contributed by atoms with Crippen LogP contribution >= 0.6 is 0 Å². The molecule has 0 spiro atoms. The van der Waals surface area contributed by atoms with Gasteiger partial charge in [0, 0.05) is 6.04 Å². The zero-order chi connectivity index (χ0) is 12.9. The quantitative estimate of drug-likeness (QED) is 0.837. The van der Waals surface area contributed by atoms with Gasteiger partial charge in [-0.2, -0.15) is 13.2 Å². The van der Waals surface area contributed by atoms with Crippen LogP contribution in [0.3, 0.4) is 0 Å². The largest absolute Gasteiger partial charge is 0.416 e. The Morgan fingerprint density at radius 1 is 1.28 bits per heavy atom. The number of hydrogen-bond donors (Lipinski definition) is 1. The third-order valence-corrected chi connectivity index (χ3v) is 3.20. The summed E-state index contributed by atoms with van der Waals surface area (Å²) in [5, 5.41) is 2.85. The van der Waals surface area contributed by atoms with E-state index in [4.69, 9.17) is 0 Å². The number of fused-ring (bicyclic) bond motifs is 1. The molecule has 1 aromatic carbocycles. The molecular weight excluding hydrogens is 245 g/mol. The van der Waals surface area contributed by atoms with Gasteiger partial charge >= 0.3 is 6.18 Å². The standard InChI is InChI=1S/C12H11F3N2O/c13-12(14,15)7-1-4-9-10(5-7)17(8-2-3-8)11(18)6-16-9/h1,4-5,8,16H,2-3,6H2. The highest BCUT2D eigenvalue weighted by Crippen LogP contribution is 2.41. The number of benzene rings is 1. The summed E-state index contributed by atoms with van der Waals surface area (Å²) < 4.78 is 38.0. The summed E-state index contributed by atoms with van der Waals surface area (Å²) in [5.74, 6) is -0.163. The van der Waals surface area contributed by atoms with Crippen LogP contribution in [0.25, 0.3) is 0 Å². The smallest absolute Gasteiger partial charge is 0.374 e. The average Bonchev–Trinajstić information content (AvgIpc) is 3.11. The number of anilines is 2. The lowest BCUT2D eigenvalue weighted by molar-refractivity contribution is -0.137. The molecule has 1 fully saturated rings. The third kappa shape index (κ3) is 1.81. The van der Waals surface area contributed by atoms with Crippen molar-refractivity contribution in [1.82, 2.24) is 0 Å². The SMILES string of the molecule is O=C1CNc2ccc(C(F)(F)F)cc2N1C1CC1. The van der Waals surface area contributed by atoms with Crippen molar-refractivity contribution in [3.05, 3.63) is 23.8 Å². The molecule has 1 N–H and O–H groups in total. The first kappa shape index (κ1) is 11.4. The van der Waals surface area contributed by atoms with Crippen molar-refractivity contribution >= 4 is 17.3 Å². The fraction of sp³-hybridized carbons (Fsp3) is 0.417. The maximum absolute atomic E-state index is 12.7. The van der Waals surface area contributed by atoms with E-state index in [9.17, 15) is 18.0 Å². The van der Waals surface area contributed by atoms with Gasteiger partial charge in [0.15, 0.2) is 0 Å². The van der Waals surface area contributed by atoms with Crippen LogP contribution in [0.15, 0.2) is 18.2 Å². The number of nitrogens with zero attached hydrogens (tertiary/aromatic N) is 1. The Kier molecular flexibility index (Phi) is 2.30. The number of alkyl halides is 3. The minimum absolute atomic E-state index is 0.0711. The molecule has 0 unspecified atom stereocenters. The van der Waals surface area contributed by atoms with Crippen LogP contribution in [0, 0.1) is 0 Å². The van der Waals surface area contributed by atoms with Gasteiger partial charge in [-0.1, -0.05) is 0 Å². The highest BCUT2D eigenvalue weighted by Gasteiger charge is 2.39. The summed E-state index contributed by atoms with van der Waals surface area (Å²) in [7, 11) is 0. The molecular formula is C12H11F3N2O. The molecule has 0 saturated heterocycles. The van der Waals surface area contributed by atoms with Gasteiger partial charge in [-0.25, -0.2) is 0 Å². The van der Waals surface area contributed by atoms with E-state index in [1.807, 2.05) is 0 Å². The van der Waals surface area contributed by atoms with Gasteiger partial charge in [-0.15, -0.1) is 0 Å². The first-order valence-electron chi connectivity index (χ1n) is 5.74. The van der Waals surface area contributed by atoms with Gasteiger partial charge in [0.2, 0.25) is 5.91 Å². The van der Waals surface area contributed by atoms with Crippen LogP contribution in [0.2, 0.25) is 0 Å². The van der Waals surface area contributed by atoms with Crippen molar-refractivity contribution in [3.8, 4) is 0 Å². The molecule has 0 bridgehead atoms. The minimum atomic E-state index is -4.38. The molecule has 1 aromatic rings. The van der Waals surface area contributed by atoms with E-state index in [1.54, 1.807) is 0 Å². The van der Waals surface area contributed by atoms with Gasteiger partial charge in [0.25, 0.3) is 0 Å². The summed E-state index contributed by atoms with van der Waals surface area (Å²) >= 11 is 0. The Labute approximate surface area is 102 Å². The predicted octanol–water partition coefficient (Wildman–Crippen LogP) is 2.63. The zero-order valence-corrected chi connectivity index (χ0v) is 9.42. The molecule has 0 atom stereocenters. The van der Waals surface area contributed by atoms with Crippen LogP contribution in [0.4, 0.5) is 24.5 Å². The topological polar surface area (TPSA) is 32.3 Å². The maximum atomic E-state index is 12.7. The van der Waals surface area contributed by atoms with Gasteiger partial charge in [-0.3, -0.25) is 4.79 Å². The summed E-state index contributed by atoms with van der Waals surface area (Å²) in [6.07, 6.45) is -2.66. The molecule has 0 aromatic heterocycles. The van der Waals surface area contributed by atoms with E-state index in [1.165, 1.54) is 11.0 Å². The Morgan fingerprint density at radius 3 is 2.61 bits per heavy atom. The molecule has 1 amide bonds. The summed E-state index contributed by atoms with van der Waals surface area (Å²) in [4.78, 5) is 13.3. The molecule has 0 radical (unpaired) electrons. The molecule has 18 heavy (non-hydrogen) atoms. The van der Waals surface area contributed by atoms with Gasteiger partial charge < -0.3 is 10.2 Å². The van der Waals surface area contributed by atoms with E-state index < -0.39 is 11.7 Å². The summed E-state index contributed by atoms with van der Waals surface area (Å²) in [6.45, 7) is 0.148. The Bertz CT molecular complexity index is 509. The summed E-state index contributed by atoms with van der Waals surface area (Å²) in [6, 6.07) is 3.55. The lowest BCUT2D eigenvalue weighted by Gasteiger charge is -2.30. The molecule has 3 rings (SSSR count). The molecule has 1 heterocycles. The normalized spacial score (nSPS) is 19.5. The fourth-order valence-corrected chi connectivity index (χ4v) is 2.18. The third-order valence-electron chi connectivity index (χ3n) is 3.20. The predicted molar refractivity (Wildman–Crippen MR) is 60.4 cm³/mol. The zero-order valence-electron chi connectivity index (χ0n) is 9.42. The van der Waals surface area contributed by atoms with E-state index in [0.29, 0.717) is 11.4 Å². The minimum Gasteiger partial charge on any atom is -0.374 e. The van der Waals surface area contributed by atoms with Crippen LogP contribution < -0.4 is 10.2 Å². The average molecular weight is 256 g/mol. The second-order valence-corrected chi connectivity index (χ2v) is 4.58. The first-order valence-corrected chi connectivity index (χ1v) is 5.74. The van der Waals surface area contributed by atoms with Crippen molar-refractivity contribution in [2.75, 3.05) is 16.8 Å². The van der Waals surface area contributed by atoms with Crippen molar-refractivity contribution in [2.24, 2.45) is 0 Å². The van der Waals surface area contributed by atoms with Gasteiger partial charge in [0.05, 0.1) is 23.5 Å². The van der Waals surface area contributed by atoms with E-state index >= 15 is 0 Å². The first-order chi connectivity index (χ1) is 8.47. The van der Waals surface area contributed by atoms with Crippen LogP contribution in [-0.4, -0.2) is 18.5 Å². The van der Waals surface area contributed by atoms with Crippen LogP contribution in [0.1, 0.15) is 18.4 Å². The number of carbonyl (C=O) groups excluding carboxylic acids is 1. The number of rotatable bonds is 1. The Balaban J connectivity index is 2.06. The summed E-state index contributed by atoms with van der Waals surface area (Å²) in [5.41, 5.74) is 0.224. The molecule has 1 saturated carbocycles. The van der Waals surface area contributed by atoms with Crippen molar-refractivity contribution in [2.45, 2.75) is 25.1 Å². The van der Waals surface area contributed by atoms with E-state index in [0.717, 1.165) is 25.0 Å². The fourth-order valence-electron chi connectivity index (χ4n) is 2.18. The second kappa shape index (κ2) is 3.63. The molecule has 2 aliphatic rings. The van der Waals surface area contributed by atoms with Crippen molar-refractivity contribution in [1.29, 1.82) is 0 Å². The lowest BCUT2D eigenvalue weighted by Crippen LogP contribution is -2.41.